The van der Waals surface area contributed by atoms with Crippen LogP contribution >= 0.6 is 0 Å². The summed E-state index contributed by atoms with van der Waals surface area (Å²) < 4.78 is 50.4. The van der Waals surface area contributed by atoms with Crippen molar-refractivity contribution in [1.82, 2.24) is 0 Å². The Bertz CT molecular complexity index is 281. The topological polar surface area (TPSA) is 93.1 Å². The highest BCUT2D eigenvalue weighted by Gasteiger charge is 2.38. The predicted molar refractivity (Wildman–Crippen MR) is 69.1 cm³/mol. The summed E-state index contributed by atoms with van der Waals surface area (Å²) >= 11 is -3.74. The van der Waals surface area contributed by atoms with E-state index in [-0.39, 0.29) is 35.5 Å². The standard InChI is InChI=1S/C10H20O6S2/c1-15-9-3-8(6-18(13)14)10(16-2)4-7(9)5-17(11)12/h7-10H,3-6H2,1-2H3,(H,11,12)(H,13,14)/t7-,8-,9-,10?/m0/s1. The molecule has 0 amide bonds. The zero-order chi connectivity index (χ0) is 13.7. The fourth-order valence-electron chi connectivity index (χ4n) is 2.58. The SMILES string of the molecule is COC1C[C@@H](CS(=O)O)[C@@H](OC)C[C@H]1CS(=O)O. The van der Waals surface area contributed by atoms with Gasteiger partial charge in [0.05, 0.1) is 23.7 Å². The lowest BCUT2D eigenvalue weighted by atomic mass is 9.79. The van der Waals surface area contributed by atoms with Gasteiger partial charge in [0.15, 0.2) is 22.2 Å². The van der Waals surface area contributed by atoms with E-state index in [0.717, 1.165) is 0 Å². The third-order valence-corrected chi connectivity index (χ3v) is 4.87. The Kier molecular flexibility index (Phi) is 6.89. The van der Waals surface area contributed by atoms with Gasteiger partial charge in [-0.2, -0.15) is 0 Å². The minimum absolute atomic E-state index is 0.0610. The number of rotatable bonds is 6. The van der Waals surface area contributed by atoms with E-state index in [9.17, 15) is 8.42 Å². The first-order valence-electron chi connectivity index (χ1n) is 5.68. The summed E-state index contributed by atoms with van der Waals surface area (Å²) in [4.78, 5) is 0. The highest BCUT2D eigenvalue weighted by molar-refractivity contribution is 7.79. The van der Waals surface area contributed by atoms with Crippen molar-refractivity contribution in [1.29, 1.82) is 0 Å². The van der Waals surface area contributed by atoms with E-state index in [0.29, 0.717) is 12.8 Å². The monoisotopic (exact) mass is 300 g/mol. The lowest BCUT2D eigenvalue weighted by Crippen LogP contribution is -2.44. The summed E-state index contributed by atoms with van der Waals surface area (Å²) in [6, 6.07) is 0. The zero-order valence-corrected chi connectivity index (χ0v) is 12.1. The van der Waals surface area contributed by atoms with Crippen molar-refractivity contribution in [3.05, 3.63) is 0 Å². The summed E-state index contributed by atoms with van der Waals surface area (Å²) in [6.45, 7) is 0. The number of ether oxygens (including phenoxy) is 2. The number of hydrogen-bond acceptors (Lipinski definition) is 4. The van der Waals surface area contributed by atoms with Gasteiger partial charge in [0.2, 0.25) is 0 Å². The zero-order valence-electron chi connectivity index (χ0n) is 10.5. The summed E-state index contributed by atoms with van der Waals surface area (Å²) in [5, 5.41) is 0. The summed E-state index contributed by atoms with van der Waals surface area (Å²) in [7, 11) is 3.11. The molecule has 0 aromatic heterocycles. The Hall–Kier alpha value is 0.140. The van der Waals surface area contributed by atoms with Crippen LogP contribution in [0.1, 0.15) is 12.8 Å². The van der Waals surface area contributed by atoms with Crippen LogP contribution in [0, 0.1) is 11.8 Å². The van der Waals surface area contributed by atoms with Gasteiger partial charge in [-0.3, -0.25) is 0 Å². The van der Waals surface area contributed by atoms with Gasteiger partial charge in [-0.05, 0) is 12.8 Å². The van der Waals surface area contributed by atoms with Crippen LogP contribution in [0.25, 0.3) is 0 Å². The van der Waals surface area contributed by atoms with E-state index in [1.807, 2.05) is 0 Å². The fraction of sp³-hybridized carbons (Fsp3) is 1.00. The van der Waals surface area contributed by atoms with Gasteiger partial charge in [0.1, 0.15) is 0 Å². The van der Waals surface area contributed by atoms with Crippen LogP contribution in [-0.4, -0.2) is 55.5 Å². The molecule has 0 aromatic carbocycles. The minimum Gasteiger partial charge on any atom is -0.381 e. The molecule has 3 unspecified atom stereocenters. The molecular formula is C10H20O6S2. The average molecular weight is 300 g/mol. The lowest BCUT2D eigenvalue weighted by molar-refractivity contribution is -0.0557. The van der Waals surface area contributed by atoms with E-state index in [1.54, 1.807) is 14.2 Å². The Morgan fingerprint density at radius 1 is 0.944 bits per heavy atom. The Morgan fingerprint density at radius 2 is 1.28 bits per heavy atom. The molecule has 0 aromatic rings. The van der Waals surface area contributed by atoms with Gasteiger partial charge in [-0.1, -0.05) is 0 Å². The smallest absolute Gasteiger partial charge is 0.153 e. The summed E-state index contributed by atoms with van der Waals surface area (Å²) in [6.07, 6.45) is 0.814. The summed E-state index contributed by atoms with van der Waals surface area (Å²) in [5.74, 6) is 0.170. The third-order valence-electron chi connectivity index (χ3n) is 3.44. The predicted octanol–water partition coefficient (Wildman–Crippen LogP) is 0.486. The van der Waals surface area contributed by atoms with Gasteiger partial charge >= 0.3 is 0 Å². The van der Waals surface area contributed by atoms with Gasteiger partial charge in [0, 0.05) is 26.1 Å². The molecule has 1 aliphatic rings. The van der Waals surface area contributed by atoms with Gasteiger partial charge in [-0.15, -0.1) is 0 Å². The van der Waals surface area contributed by atoms with E-state index in [1.165, 1.54) is 0 Å². The van der Waals surface area contributed by atoms with Gasteiger partial charge < -0.3 is 18.6 Å². The highest BCUT2D eigenvalue weighted by atomic mass is 32.2. The quantitative estimate of drug-likeness (QED) is 0.693. The number of methoxy groups -OCH3 is 2. The van der Waals surface area contributed by atoms with Crippen LogP contribution in [0.5, 0.6) is 0 Å². The van der Waals surface area contributed by atoms with E-state index in [4.69, 9.17) is 18.6 Å². The van der Waals surface area contributed by atoms with E-state index in [2.05, 4.69) is 0 Å². The van der Waals surface area contributed by atoms with Crippen molar-refractivity contribution >= 4 is 22.2 Å². The molecule has 1 aliphatic carbocycles. The minimum atomic E-state index is -1.87. The van der Waals surface area contributed by atoms with Crippen molar-refractivity contribution in [2.75, 3.05) is 25.7 Å². The fourth-order valence-corrected chi connectivity index (χ4v) is 4.01. The molecule has 2 N–H and O–H groups in total. The molecule has 1 fully saturated rings. The molecule has 1 rings (SSSR count). The van der Waals surface area contributed by atoms with Crippen molar-refractivity contribution in [3.8, 4) is 0 Å². The maximum atomic E-state index is 10.9. The van der Waals surface area contributed by atoms with Crippen LogP contribution in [0.3, 0.4) is 0 Å². The highest BCUT2D eigenvalue weighted by Crippen LogP contribution is 2.33. The lowest BCUT2D eigenvalue weighted by Gasteiger charge is -2.39. The van der Waals surface area contributed by atoms with Crippen molar-refractivity contribution < 1.29 is 27.0 Å². The van der Waals surface area contributed by atoms with Crippen LogP contribution < -0.4 is 0 Å². The van der Waals surface area contributed by atoms with Crippen molar-refractivity contribution in [2.45, 2.75) is 25.0 Å². The first-order chi connectivity index (χ1) is 8.47. The van der Waals surface area contributed by atoms with E-state index < -0.39 is 22.2 Å². The molecule has 18 heavy (non-hydrogen) atoms. The average Bonchev–Trinajstić information content (AvgIpc) is 2.29. The Labute approximate surface area is 112 Å². The maximum absolute atomic E-state index is 10.9. The second-order valence-corrected chi connectivity index (χ2v) is 6.47. The molecule has 6 atom stereocenters. The second-order valence-electron chi connectivity index (χ2n) is 4.52. The summed E-state index contributed by atoms with van der Waals surface area (Å²) in [5.41, 5.74) is 0. The third kappa shape index (κ3) is 4.67. The first kappa shape index (κ1) is 16.2. The van der Waals surface area contributed by atoms with Crippen LogP contribution in [0.2, 0.25) is 0 Å². The van der Waals surface area contributed by atoms with Crippen LogP contribution in [-0.2, 0) is 31.6 Å². The van der Waals surface area contributed by atoms with Gasteiger partial charge in [0.25, 0.3) is 0 Å². The molecule has 6 nitrogen and oxygen atoms in total. The first-order valence-corrected chi connectivity index (χ1v) is 8.23. The molecule has 0 spiro atoms. The second kappa shape index (κ2) is 7.66. The molecule has 8 heteroatoms. The largest absolute Gasteiger partial charge is 0.381 e. The normalized spacial score (nSPS) is 36.2. The van der Waals surface area contributed by atoms with Crippen LogP contribution in [0.4, 0.5) is 0 Å². The van der Waals surface area contributed by atoms with Crippen LogP contribution in [0.15, 0.2) is 0 Å². The molecule has 0 heterocycles. The Morgan fingerprint density at radius 3 is 1.50 bits per heavy atom. The Balaban J connectivity index is 2.72. The molecule has 0 aliphatic heterocycles. The molecule has 1 saturated carbocycles. The molecule has 0 bridgehead atoms. The van der Waals surface area contributed by atoms with Crippen molar-refractivity contribution in [3.63, 3.8) is 0 Å². The molecule has 0 saturated heterocycles. The maximum Gasteiger partial charge on any atom is 0.153 e. The number of hydrogen-bond donors (Lipinski definition) is 2. The molecular weight excluding hydrogens is 280 g/mol. The van der Waals surface area contributed by atoms with E-state index >= 15 is 0 Å². The molecule has 108 valence electrons. The van der Waals surface area contributed by atoms with Gasteiger partial charge in [-0.25, -0.2) is 8.42 Å². The van der Waals surface area contributed by atoms with Crippen molar-refractivity contribution in [2.24, 2.45) is 11.8 Å². The molecule has 0 radical (unpaired) electrons.